The van der Waals surface area contributed by atoms with Crippen LogP contribution in [0.15, 0.2) is 0 Å². The van der Waals surface area contributed by atoms with Gasteiger partial charge in [0.1, 0.15) is 0 Å². The largest absolute Gasteiger partial charge is 0.377 e. The van der Waals surface area contributed by atoms with Crippen LogP contribution in [0.25, 0.3) is 0 Å². The molecule has 0 heterocycles. The van der Waals surface area contributed by atoms with E-state index < -0.39 is 0 Å². The van der Waals surface area contributed by atoms with Gasteiger partial charge in [-0.15, -0.1) is 0 Å². The average Bonchev–Trinajstić information content (AvgIpc) is 2.25. The van der Waals surface area contributed by atoms with Crippen LogP contribution in [0, 0.1) is 11.8 Å². The first kappa shape index (κ1) is 13.0. The lowest BCUT2D eigenvalue weighted by Crippen LogP contribution is -2.40. The molecule has 2 heteroatoms. The molecule has 0 aromatic heterocycles. The predicted molar refractivity (Wildman–Crippen MR) is 64.8 cm³/mol. The number of hydrogen-bond acceptors (Lipinski definition) is 2. The maximum absolute atomic E-state index is 6.24. The fraction of sp³-hybridized carbons (Fsp3) is 1.00. The molecule has 1 aliphatic rings. The molecule has 1 rings (SSSR count). The monoisotopic (exact) mass is 213 g/mol. The first-order valence-corrected chi connectivity index (χ1v) is 6.52. The maximum atomic E-state index is 6.24. The first-order chi connectivity index (χ1) is 7.15. The maximum Gasteiger partial charge on any atom is 0.0623 e. The second-order valence-electron chi connectivity index (χ2n) is 5.16. The second-order valence-corrected chi connectivity index (χ2v) is 5.16. The second kappa shape index (κ2) is 6.49. The Balaban J connectivity index is 2.37. The van der Waals surface area contributed by atoms with Gasteiger partial charge in [-0.05, 0) is 32.1 Å². The molecule has 0 aromatic rings. The summed E-state index contributed by atoms with van der Waals surface area (Å²) in [6.45, 7) is 7.17. The molecule has 0 amide bonds. The Morgan fingerprint density at radius 3 is 2.53 bits per heavy atom. The summed E-state index contributed by atoms with van der Waals surface area (Å²) in [7, 11) is 0. The highest BCUT2D eigenvalue weighted by molar-refractivity contribution is 4.82. The van der Waals surface area contributed by atoms with Gasteiger partial charge in [-0.3, -0.25) is 0 Å². The highest BCUT2D eigenvalue weighted by atomic mass is 16.5. The number of rotatable bonds is 5. The summed E-state index contributed by atoms with van der Waals surface area (Å²) >= 11 is 0. The molecule has 2 N–H and O–H groups in total. The van der Waals surface area contributed by atoms with Crippen LogP contribution in [0.5, 0.6) is 0 Å². The average molecular weight is 213 g/mol. The van der Waals surface area contributed by atoms with Crippen molar-refractivity contribution in [2.75, 3.05) is 6.61 Å². The number of ether oxygens (including phenoxy) is 1. The lowest BCUT2D eigenvalue weighted by molar-refractivity contribution is 0.0419. The van der Waals surface area contributed by atoms with E-state index in [0.717, 1.165) is 12.5 Å². The van der Waals surface area contributed by atoms with Gasteiger partial charge in [-0.25, -0.2) is 0 Å². The van der Waals surface area contributed by atoms with Crippen molar-refractivity contribution in [3.05, 3.63) is 0 Å². The van der Waals surface area contributed by atoms with Crippen LogP contribution in [-0.4, -0.2) is 18.8 Å². The molecule has 0 bridgehead atoms. The van der Waals surface area contributed by atoms with E-state index in [9.17, 15) is 0 Å². The Labute approximate surface area is 94.6 Å². The standard InChI is InChI=1S/C13H27NO/c1-4-11-7-5-6-8-12(11)13(14)9-15-10(2)3/h10-13H,4-9,14H2,1-3H3. The minimum atomic E-state index is 0.248. The zero-order valence-corrected chi connectivity index (χ0v) is 10.5. The molecule has 2 nitrogen and oxygen atoms in total. The molecular formula is C13H27NO. The summed E-state index contributed by atoms with van der Waals surface area (Å²) < 4.78 is 5.62. The third kappa shape index (κ3) is 4.12. The first-order valence-electron chi connectivity index (χ1n) is 6.52. The summed E-state index contributed by atoms with van der Waals surface area (Å²) in [5.74, 6) is 1.53. The van der Waals surface area contributed by atoms with E-state index >= 15 is 0 Å². The summed E-state index contributed by atoms with van der Waals surface area (Å²) in [6.07, 6.45) is 7.01. The van der Waals surface area contributed by atoms with Crippen molar-refractivity contribution in [1.29, 1.82) is 0 Å². The van der Waals surface area contributed by atoms with E-state index in [2.05, 4.69) is 20.8 Å². The molecule has 1 fully saturated rings. The molecule has 0 radical (unpaired) electrons. The zero-order valence-electron chi connectivity index (χ0n) is 10.5. The minimum Gasteiger partial charge on any atom is -0.377 e. The lowest BCUT2D eigenvalue weighted by atomic mass is 9.74. The van der Waals surface area contributed by atoms with Crippen molar-refractivity contribution in [2.24, 2.45) is 17.6 Å². The van der Waals surface area contributed by atoms with Crippen molar-refractivity contribution in [1.82, 2.24) is 0 Å². The Kier molecular flexibility index (Phi) is 5.62. The molecule has 1 aliphatic carbocycles. The fourth-order valence-corrected chi connectivity index (χ4v) is 2.73. The summed E-state index contributed by atoms with van der Waals surface area (Å²) in [5, 5.41) is 0. The predicted octanol–water partition coefficient (Wildman–Crippen LogP) is 2.96. The van der Waals surface area contributed by atoms with Crippen molar-refractivity contribution in [3.8, 4) is 0 Å². The smallest absolute Gasteiger partial charge is 0.0623 e. The van der Waals surface area contributed by atoms with Crippen molar-refractivity contribution in [3.63, 3.8) is 0 Å². The molecule has 0 saturated heterocycles. The van der Waals surface area contributed by atoms with Gasteiger partial charge in [-0.2, -0.15) is 0 Å². The minimum absolute atomic E-state index is 0.248. The van der Waals surface area contributed by atoms with Gasteiger partial charge in [-0.1, -0.05) is 32.6 Å². The van der Waals surface area contributed by atoms with Crippen LogP contribution < -0.4 is 5.73 Å². The quantitative estimate of drug-likeness (QED) is 0.762. The zero-order chi connectivity index (χ0) is 11.3. The highest BCUT2D eigenvalue weighted by Crippen LogP contribution is 2.33. The Morgan fingerprint density at radius 1 is 1.27 bits per heavy atom. The van der Waals surface area contributed by atoms with E-state index in [1.165, 1.54) is 32.1 Å². The summed E-state index contributed by atoms with van der Waals surface area (Å²) in [4.78, 5) is 0. The van der Waals surface area contributed by atoms with Crippen LogP contribution >= 0.6 is 0 Å². The Hall–Kier alpha value is -0.0800. The van der Waals surface area contributed by atoms with Gasteiger partial charge >= 0.3 is 0 Å². The fourth-order valence-electron chi connectivity index (χ4n) is 2.73. The third-order valence-corrected chi connectivity index (χ3v) is 3.66. The van der Waals surface area contributed by atoms with E-state index in [1.807, 2.05) is 0 Å². The normalized spacial score (nSPS) is 29.4. The van der Waals surface area contributed by atoms with Crippen molar-refractivity contribution in [2.45, 2.75) is 65.0 Å². The molecule has 3 atom stereocenters. The molecule has 15 heavy (non-hydrogen) atoms. The van der Waals surface area contributed by atoms with Crippen molar-refractivity contribution < 1.29 is 4.74 Å². The highest BCUT2D eigenvalue weighted by Gasteiger charge is 2.28. The topological polar surface area (TPSA) is 35.2 Å². The third-order valence-electron chi connectivity index (χ3n) is 3.66. The van der Waals surface area contributed by atoms with E-state index in [4.69, 9.17) is 10.5 Å². The van der Waals surface area contributed by atoms with E-state index in [-0.39, 0.29) is 6.04 Å². The Bertz CT molecular complexity index is 170. The van der Waals surface area contributed by atoms with Gasteiger partial charge in [0.2, 0.25) is 0 Å². The van der Waals surface area contributed by atoms with E-state index in [1.54, 1.807) is 0 Å². The number of hydrogen-bond donors (Lipinski definition) is 1. The van der Waals surface area contributed by atoms with Crippen LogP contribution in [0.3, 0.4) is 0 Å². The molecule has 90 valence electrons. The summed E-state index contributed by atoms with van der Waals surface area (Å²) in [6, 6.07) is 0.248. The van der Waals surface area contributed by atoms with Gasteiger partial charge in [0.15, 0.2) is 0 Å². The molecule has 1 saturated carbocycles. The van der Waals surface area contributed by atoms with E-state index in [0.29, 0.717) is 12.0 Å². The summed E-state index contributed by atoms with van der Waals surface area (Å²) in [5.41, 5.74) is 6.24. The van der Waals surface area contributed by atoms with Crippen LogP contribution in [0.4, 0.5) is 0 Å². The van der Waals surface area contributed by atoms with Gasteiger partial charge in [0.05, 0.1) is 12.7 Å². The van der Waals surface area contributed by atoms with Crippen LogP contribution in [-0.2, 0) is 4.74 Å². The lowest BCUT2D eigenvalue weighted by Gasteiger charge is -2.35. The number of nitrogens with two attached hydrogens (primary N) is 1. The Morgan fingerprint density at radius 2 is 1.93 bits per heavy atom. The molecule has 0 aliphatic heterocycles. The molecular weight excluding hydrogens is 186 g/mol. The van der Waals surface area contributed by atoms with Crippen LogP contribution in [0.2, 0.25) is 0 Å². The molecule has 0 spiro atoms. The molecule has 0 aromatic carbocycles. The van der Waals surface area contributed by atoms with Gasteiger partial charge in [0.25, 0.3) is 0 Å². The van der Waals surface area contributed by atoms with Gasteiger partial charge < -0.3 is 10.5 Å². The molecule has 3 unspecified atom stereocenters. The SMILES string of the molecule is CCC1CCCCC1C(N)COC(C)C. The van der Waals surface area contributed by atoms with Crippen molar-refractivity contribution >= 4 is 0 Å². The van der Waals surface area contributed by atoms with Crippen LogP contribution in [0.1, 0.15) is 52.9 Å². The van der Waals surface area contributed by atoms with Gasteiger partial charge in [0, 0.05) is 6.04 Å².